The normalized spacial score (nSPS) is 11.9. The number of nitrogens with zero attached hydrogens (tertiary/aromatic N) is 3. The molecule has 0 saturated carbocycles. The number of hydrogen-bond donors (Lipinski definition) is 1. The zero-order valence-electron chi connectivity index (χ0n) is 19.2. The first-order valence-corrected chi connectivity index (χ1v) is 12.3. The lowest BCUT2D eigenvalue weighted by atomic mass is 10.1. The molecule has 0 radical (unpaired) electrons. The van der Waals surface area contributed by atoms with Gasteiger partial charge in [0.25, 0.3) is 0 Å². The molecule has 9 heteroatoms. The van der Waals surface area contributed by atoms with Crippen LogP contribution in [0.5, 0.6) is 0 Å². The Hall–Kier alpha value is -3.56. The molecule has 0 bridgehead atoms. The van der Waals surface area contributed by atoms with Gasteiger partial charge >= 0.3 is 0 Å². The molecule has 0 atom stereocenters. The van der Waals surface area contributed by atoms with Crippen LogP contribution in [0.25, 0.3) is 10.8 Å². The number of benzene rings is 3. The summed E-state index contributed by atoms with van der Waals surface area (Å²) in [5.41, 5.74) is 1.53. The van der Waals surface area contributed by atoms with Crippen LogP contribution in [0, 0.1) is 0 Å². The summed E-state index contributed by atoms with van der Waals surface area (Å²) in [6.45, 7) is 3.66. The number of sulfonamides is 1. The molecular weight excluding hydrogens is 452 g/mol. The van der Waals surface area contributed by atoms with E-state index in [4.69, 9.17) is 4.52 Å². The van der Waals surface area contributed by atoms with Crippen LogP contribution in [-0.2, 0) is 21.2 Å². The summed E-state index contributed by atoms with van der Waals surface area (Å²) in [7, 11) is -2.42. The van der Waals surface area contributed by atoms with Gasteiger partial charge in [0.15, 0.2) is 5.82 Å². The molecule has 8 nitrogen and oxygen atoms in total. The van der Waals surface area contributed by atoms with Gasteiger partial charge in [-0.3, -0.25) is 4.79 Å². The molecule has 0 aliphatic heterocycles. The molecule has 1 N–H and O–H groups in total. The standard InChI is InChI=1S/C25H26N4O4S/c1-17(2)25-27-23(28-33-25)14-18-8-11-21(12-9-18)26-24(30)16-29(3)34(31,32)22-13-10-19-6-4-5-7-20(19)15-22/h4-13,15,17H,14,16H2,1-3H3,(H,26,30). The molecule has 0 fully saturated rings. The maximum Gasteiger partial charge on any atom is 0.243 e. The average molecular weight is 479 g/mol. The third kappa shape index (κ3) is 5.32. The number of carbonyl (C=O) groups is 1. The highest BCUT2D eigenvalue weighted by Gasteiger charge is 2.23. The molecule has 176 valence electrons. The molecule has 1 aromatic heterocycles. The molecular formula is C25H26N4O4S. The number of aromatic nitrogens is 2. The molecule has 4 aromatic rings. The first-order valence-electron chi connectivity index (χ1n) is 10.9. The maximum atomic E-state index is 13.0. The second-order valence-corrected chi connectivity index (χ2v) is 10.4. The summed E-state index contributed by atoms with van der Waals surface area (Å²) in [4.78, 5) is 17.0. The van der Waals surface area contributed by atoms with E-state index in [1.807, 2.05) is 50.2 Å². The molecule has 3 aromatic carbocycles. The van der Waals surface area contributed by atoms with Crippen molar-refractivity contribution in [1.82, 2.24) is 14.4 Å². The number of anilines is 1. The van der Waals surface area contributed by atoms with E-state index in [0.717, 1.165) is 20.6 Å². The molecule has 0 saturated heterocycles. The van der Waals surface area contributed by atoms with Crippen LogP contribution in [0.15, 0.2) is 76.1 Å². The Balaban J connectivity index is 1.37. The maximum absolute atomic E-state index is 13.0. The smallest absolute Gasteiger partial charge is 0.243 e. The minimum atomic E-state index is -3.81. The topological polar surface area (TPSA) is 105 Å². The predicted molar refractivity (Wildman–Crippen MR) is 130 cm³/mol. The van der Waals surface area contributed by atoms with Crippen LogP contribution in [0.2, 0.25) is 0 Å². The number of hydrogen-bond acceptors (Lipinski definition) is 6. The Morgan fingerprint density at radius 1 is 1.03 bits per heavy atom. The number of rotatable bonds is 8. The van der Waals surface area contributed by atoms with Gasteiger partial charge < -0.3 is 9.84 Å². The molecule has 0 aliphatic carbocycles. The van der Waals surface area contributed by atoms with Crippen molar-refractivity contribution in [2.75, 3.05) is 18.9 Å². The number of nitrogens with one attached hydrogen (secondary N) is 1. The van der Waals surface area contributed by atoms with Crippen molar-refractivity contribution in [1.29, 1.82) is 0 Å². The second kappa shape index (κ2) is 9.74. The summed E-state index contributed by atoms with van der Waals surface area (Å²) in [6.07, 6.45) is 0.511. The van der Waals surface area contributed by atoms with Crippen molar-refractivity contribution in [3.63, 3.8) is 0 Å². The number of carbonyl (C=O) groups excluding carboxylic acids is 1. The number of fused-ring (bicyclic) bond motifs is 1. The van der Waals surface area contributed by atoms with Gasteiger partial charge in [-0.25, -0.2) is 8.42 Å². The molecule has 0 aliphatic rings. The Kier molecular flexibility index (Phi) is 6.76. The molecule has 4 rings (SSSR count). The van der Waals surface area contributed by atoms with E-state index < -0.39 is 15.9 Å². The molecule has 1 heterocycles. The minimum Gasteiger partial charge on any atom is -0.339 e. The van der Waals surface area contributed by atoms with E-state index >= 15 is 0 Å². The second-order valence-electron chi connectivity index (χ2n) is 8.40. The third-order valence-electron chi connectivity index (χ3n) is 5.37. The van der Waals surface area contributed by atoms with E-state index in [2.05, 4.69) is 15.5 Å². The summed E-state index contributed by atoms with van der Waals surface area (Å²) in [6, 6.07) is 19.7. The third-order valence-corrected chi connectivity index (χ3v) is 7.17. The zero-order chi connectivity index (χ0) is 24.3. The fourth-order valence-electron chi connectivity index (χ4n) is 3.46. The fraction of sp³-hybridized carbons (Fsp3) is 0.240. The van der Waals surface area contributed by atoms with Crippen molar-refractivity contribution in [2.24, 2.45) is 0 Å². The van der Waals surface area contributed by atoms with Crippen LogP contribution in [0.3, 0.4) is 0 Å². The Bertz CT molecular complexity index is 1410. The lowest BCUT2D eigenvalue weighted by Crippen LogP contribution is -2.34. The van der Waals surface area contributed by atoms with Crippen molar-refractivity contribution < 1.29 is 17.7 Å². The Labute approximate surface area is 198 Å². The van der Waals surface area contributed by atoms with Crippen molar-refractivity contribution in [3.05, 3.63) is 84.0 Å². The Morgan fingerprint density at radius 2 is 1.74 bits per heavy atom. The molecule has 1 amide bonds. The fourth-order valence-corrected chi connectivity index (χ4v) is 4.62. The first-order chi connectivity index (χ1) is 16.2. The largest absolute Gasteiger partial charge is 0.339 e. The average Bonchev–Trinajstić information content (AvgIpc) is 3.29. The summed E-state index contributed by atoms with van der Waals surface area (Å²) in [5, 5.41) is 8.50. The van der Waals surface area contributed by atoms with Gasteiger partial charge in [0.1, 0.15) is 0 Å². The van der Waals surface area contributed by atoms with Gasteiger partial charge in [0.2, 0.25) is 21.8 Å². The van der Waals surface area contributed by atoms with E-state index in [1.54, 1.807) is 30.3 Å². The van der Waals surface area contributed by atoms with Crippen molar-refractivity contribution >= 4 is 32.4 Å². The van der Waals surface area contributed by atoms with Gasteiger partial charge in [-0.1, -0.05) is 61.5 Å². The van der Waals surface area contributed by atoms with E-state index in [-0.39, 0.29) is 17.4 Å². The summed E-state index contributed by atoms with van der Waals surface area (Å²) in [5.74, 6) is 0.934. The minimum absolute atomic E-state index is 0.146. The van der Waals surface area contributed by atoms with Crippen LogP contribution in [0.1, 0.15) is 37.0 Å². The highest BCUT2D eigenvalue weighted by atomic mass is 32.2. The highest BCUT2D eigenvalue weighted by molar-refractivity contribution is 7.89. The van der Waals surface area contributed by atoms with Gasteiger partial charge in [0.05, 0.1) is 11.4 Å². The Morgan fingerprint density at radius 3 is 2.41 bits per heavy atom. The quantitative estimate of drug-likeness (QED) is 0.407. The van der Waals surface area contributed by atoms with Crippen molar-refractivity contribution in [2.45, 2.75) is 31.1 Å². The SMILES string of the molecule is CC(C)c1nc(Cc2ccc(NC(=O)CN(C)S(=O)(=O)c3ccc4ccccc4c3)cc2)no1. The zero-order valence-corrected chi connectivity index (χ0v) is 20.0. The number of likely N-dealkylation sites (N-methyl/N-ethyl adjacent to an activating group) is 1. The lowest BCUT2D eigenvalue weighted by molar-refractivity contribution is -0.116. The summed E-state index contributed by atoms with van der Waals surface area (Å²) < 4.78 is 32.2. The monoisotopic (exact) mass is 478 g/mol. The highest BCUT2D eigenvalue weighted by Crippen LogP contribution is 2.21. The van der Waals surface area contributed by atoms with E-state index in [1.165, 1.54) is 7.05 Å². The first kappa shape index (κ1) is 23.6. The van der Waals surface area contributed by atoms with Gasteiger partial charge in [-0.05, 0) is 40.6 Å². The van der Waals surface area contributed by atoms with Crippen LogP contribution >= 0.6 is 0 Å². The summed E-state index contributed by atoms with van der Waals surface area (Å²) >= 11 is 0. The van der Waals surface area contributed by atoms with E-state index in [9.17, 15) is 13.2 Å². The van der Waals surface area contributed by atoms with Crippen LogP contribution in [0.4, 0.5) is 5.69 Å². The lowest BCUT2D eigenvalue weighted by Gasteiger charge is -2.17. The van der Waals surface area contributed by atoms with Gasteiger partial charge in [0, 0.05) is 25.1 Å². The van der Waals surface area contributed by atoms with Gasteiger partial charge in [-0.15, -0.1) is 0 Å². The molecule has 34 heavy (non-hydrogen) atoms. The molecule has 0 unspecified atom stereocenters. The van der Waals surface area contributed by atoms with E-state index in [0.29, 0.717) is 23.8 Å². The molecule has 0 spiro atoms. The van der Waals surface area contributed by atoms with Gasteiger partial charge in [-0.2, -0.15) is 9.29 Å². The van der Waals surface area contributed by atoms with Crippen molar-refractivity contribution in [3.8, 4) is 0 Å². The van der Waals surface area contributed by atoms with Crippen LogP contribution < -0.4 is 5.32 Å². The van der Waals surface area contributed by atoms with Crippen LogP contribution in [-0.4, -0.2) is 42.4 Å². The predicted octanol–water partition coefficient (Wildman–Crippen LogP) is 4.20. The number of amides is 1.